The fraction of sp³-hybridized carbons (Fsp3) is 0.333. The minimum absolute atomic E-state index is 0.156. The van der Waals surface area contributed by atoms with Crippen LogP contribution in [0.1, 0.15) is 17.8 Å². The maximum absolute atomic E-state index is 12.2. The summed E-state index contributed by atoms with van der Waals surface area (Å²) in [6, 6.07) is 6.87. The summed E-state index contributed by atoms with van der Waals surface area (Å²) in [5, 5.41) is 8.75. The van der Waals surface area contributed by atoms with Gasteiger partial charge < -0.3 is 4.57 Å². The monoisotopic (exact) mass is 253 g/mol. The zero-order chi connectivity index (χ0) is 13.3. The molecule has 18 heavy (non-hydrogen) atoms. The summed E-state index contributed by atoms with van der Waals surface area (Å²) in [4.78, 5) is 4.14. The molecule has 6 heteroatoms. The van der Waals surface area contributed by atoms with Gasteiger partial charge in [0.2, 0.25) is 0 Å². The van der Waals surface area contributed by atoms with Crippen molar-refractivity contribution < 1.29 is 13.2 Å². The van der Waals surface area contributed by atoms with Crippen LogP contribution < -0.4 is 0 Å². The first kappa shape index (κ1) is 12.4. The summed E-state index contributed by atoms with van der Waals surface area (Å²) in [7, 11) is 1.67. The first-order valence-corrected chi connectivity index (χ1v) is 5.33. The number of hydrogen-bond acceptors (Lipinski definition) is 2. The van der Waals surface area contributed by atoms with Gasteiger partial charge in [0.15, 0.2) is 0 Å². The number of hydrogen-bond donors (Lipinski definition) is 0. The van der Waals surface area contributed by atoms with Crippen LogP contribution >= 0.6 is 0 Å². The molecule has 0 bridgehead atoms. The number of halogens is 3. The van der Waals surface area contributed by atoms with E-state index in [-0.39, 0.29) is 6.42 Å². The Labute approximate surface area is 101 Å². The van der Waals surface area contributed by atoms with Crippen LogP contribution in [0.5, 0.6) is 0 Å². The largest absolute Gasteiger partial charge is 0.389 e. The number of alkyl halides is 3. The van der Waals surface area contributed by atoms with Crippen LogP contribution in [0, 0.1) is 11.3 Å². The molecule has 0 fully saturated rings. The third-order valence-corrected chi connectivity index (χ3v) is 2.73. The number of nitrogens with zero attached hydrogens (tertiary/aromatic N) is 3. The predicted molar refractivity (Wildman–Crippen MR) is 59.8 cm³/mol. The van der Waals surface area contributed by atoms with Crippen molar-refractivity contribution >= 4 is 11.0 Å². The minimum atomic E-state index is -4.18. The molecule has 0 amide bonds. The molecule has 0 saturated heterocycles. The van der Waals surface area contributed by atoms with Crippen molar-refractivity contribution in [3.8, 4) is 6.07 Å². The molecule has 1 heterocycles. The van der Waals surface area contributed by atoms with Crippen molar-refractivity contribution in [3.63, 3.8) is 0 Å². The topological polar surface area (TPSA) is 41.6 Å². The second-order valence-electron chi connectivity index (χ2n) is 4.02. The van der Waals surface area contributed by atoms with Crippen LogP contribution in [0.15, 0.2) is 18.2 Å². The molecule has 2 rings (SSSR count). The molecule has 0 saturated carbocycles. The SMILES string of the molecule is Cn1c(CCC(F)(F)F)nc2cc(C#N)ccc21. The van der Waals surface area contributed by atoms with Gasteiger partial charge in [0, 0.05) is 13.5 Å². The lowest BCUT2D eigenvalue weighted by molar-refractivity contribution is -0.134. The molecule has 0 aliphatic carbocycles. The molecule has 2 aromatic rings. The van der Waals surface area contributed by atoms with Crippen molar-refractivity contribution in [2.75, 3.05) is 0 Å². The van der Waals surface area contributed by atoms with Crippen LogP contribution in [0.3, 0.4) is 0 Å². The Bertz CT molecular complexity index is 620. The number of rotatable bonds is 2. The van der Waals surface area contributed by atoms with Crippen LogP contribution in [0.2, 0.25) is 0 Å². The molecule has 0 atom stereocenters. The Kier molecular flexibility index (Phi) is 2.99. The highest BCUT2D eigenvalue weighted by Gasteiger charge is 2.27. The number of aromatic nitrogens is 2. The zero-order valence-corrected chi connectivity index (χ0v) is 9.62. The standard InChI is InChI=1S/C12H10F3N3/c1-18-10-3-2-8(7-16)6-9(10)17-11(18)4-5-12(13,14)15/h2-3,6H,4-5H2,1H3. The molecule has 0 unspecified atom stereocenters. The highest BCUT2D eigenvalue weighted by Crippen LogP contribution is 2.23. The molecule has 0 spiro atoms. The Morgan fingerprint density at radius 3 is 2.72 bits per heavy atom. The number of imidazole rings is 1. The molecule has 0 aliphatic rings. The summed E-state index contributed by atoms with van der Waals surface area (Å²) in [6.45, 7) is 0. The molecule has 0 N–H and O–H groups in total. The third-order valence-electron chi connectivity index (χ3n) is 2.73. The quantitative estimate of drug-likeness (QED) is 0.825. The lowest BCUT2D eigenvalue weighted by Gasteiger charge is -2.05. The highest BCUT2D eigenvalue weighted by atomic mass is 19.4. The second kappa shape index (κ2) is 4.33. The van der Waals surface area contributed by atoms with Crippen LogP contribution in [-0.2, 0) is 13.5 Å². The first-order valence-electron chi connectivity index (χ1n) is 5.33. The van der Waals surface area contributed by atoms with E-state index in [1.54, 1.807) is 29.8 Å². The van der Waals surface area contributed by atoms with Crippen LogP contribution in [0.25, 0.3) is 11.0 Å². The Balaban J connectivity index is 2.35. The van der Waals surface area contributed by atoms with Gasteiger partial charge in [-0.1, -0.05) is 0 Å². The van der Waals surface area contributed by atoms with E-state index < -0.39 is 12.6 Å². The number of benzene rings is 1. The molecule has 1 aromatic carbocycles. The van der Waals surface area contributed by atoms with Crippen molar-refractivity contribution in [2.45, 2.75) is 19.0 Å². The van der Waals surface area contributed by atoms with E-state index in [1.165, 1.54) is 0 Å². The van der Waals surface area contributed by atoms with E-state index >= 15 is 0 Å². The van der Waals surface area contributed by atoms with Gasteiger partial charge in [-0.05, 0) is 18.2 Å². The molecule has 0 aliphatic heterocycles. The second-order valence-corrected chi connectivity index (χ2v) is 4.02. The maximum Gasteiger partial charge on any atom is 0.389 e. The van der Waals surface area contributed by atoms with Gasteiger partial charge in [-0.15, -0.1) is 0 Å². The van der Waals surface area contributed by atoms with E-state index in [0.29, 0.717) is 16.9 Å². The molecular weight excluding hydrogens is 243 g/mol. The molecule has 3 nitrogen and oxygen atoms in total. The predicted octanol–water partition coefficient (Wildman–Crippen LogP) is 2.94. The summed E-state index contributed by atoms with van der Waals surface area (Å²) in [5.74, 6) is 0.373. The third kappa shape index (κ3) is 2.45. The van der Waals surface area contributed by atoms with E-state index in [1.807, 2.05) is 6.07 Å². The number of nitriles is 1. The summed E-state index contributed by atoms with van der Waals surface area (Å²) in [5.41, 5.74) is 1.72. The Morgan fingerprint density at radius 2 is 2.11 bits per heavy atom. The van der Waals surface area contributed by atoms with Crippen molar-refractivity contribution in [2.24, 2.45) is 7.05 Å². The summed E-state index contributed by atoms with van der Waals surface area (Å²) < 4.78 is 38.1. The van der Waals surface area contributed by atoms with Gasteiger partial charge in [0.25, 0.3) is 0 Å². The average Bonchev–Trinajstić information content (AvgIpc) is 2.62. The number of fused-ring (bicyclic) bond motifs is 1. The van der Waals surface area contributed by atoms with Gasteiger partial charge in [0.05, 0.1) is 29.1 Å². The van der Waals surface area contributed by atoms with Crippen LogP contribution in [-0.4, -0.2) is 15.7 Å². The minimum Gasteiger partial charge on any atom is -0.331 e. The first-order chi connectivity index (χ1) is 8.40. The van der Waals surface area contributed by atoms with E-state index in [2.05, 4.69) is 4.98 Å². The van der Waals surface area contributed by atoms with Gasteiger partial charge in [-0.3, -0.25) is 0 Å². The zero-order valence-electron chi connectivity index (χ0n) is 9.62. The fourth-order valence-corrected chi connectivity index (χ4v) is 1.80. The summed E-state index contributed by atoms with van der Waals surface area (Å²) >= 11 is 0. The lowest BCUT2D eigenvalue weighted by Crippen LogP contribution is -2.10. The maximum atomic E-state index is 12.2. The molecular formula is C12H10F3N3. The number of aryl methyl sites for hydroxylation is 2. The summed E-state index contributed by atoms with van der Waals surface area (Å²) in [6.07, 6.45) is -5.23. The van der Waals surface area contributed by atoms with E-state index in [4.69, 9.17) is 5.26 Å². The highest BCUT2D eigenvalue weighted by molar-refractivity contribution is 5.77. The normalized spacial score (nSPS) is 11.7. The molecule has 1 aromatic heterocycles. The smallest absolute Gasteiger partial charge is 0.331 e. The van der Waals surface area contributed by atoms with Gasteiger partial charge in [0.1, 0.15) is 5.82 Å². The lowest BCUT2D eigenvalue weighted by atomic mass is 10.2. The van der Waals surface area contributed by atoms with Crippen molar-refractivity contribution in [1.82, 2.24) is 9.55 Å². The van der Waals surface area contributed by atoms with Gasteiger partial charge in [-0.25, -0.2) is 4.98 Å². The van der Waals surface area contributed by atoms with Gasteiger partial charge in [-0.2, -0.15) is 18.4 Å². The van der Waals surface area contributed by atoms with Crippen LogP contribution in [0.4, 0.5) is 13.2 Å². The molecule has 0 radical (unpaired) electrons. The van der Waals surface area contributed by atoms with E-state index in [0.717, 1.165) is 5.52 Å². The van der Waals surface area contributed by atoms with Crippen molar-refractivity contribution in [1.29, 1.82) is 5.26 Å². The average molecular weight is 253 g/mol. The molecule has 94 valence electrons. The van der Waals surface area contributed by atoms with E-state index in [9.17, 15) is 13.2 Å². The van der Waals surface area contributed by atoms with Gasteiger partial charge >= 0.3 is 6.18 Å². The van der Waals surface area contributed by atoms with Crippen molar-refractivity contribution in [3.05, 3.63) is 29.6 Å². The fourth-order valence-electron chi connectivity index (χ4n) is 1.80. The Hall–Kier alpha value is -2.03. The Morgan fingerprint density at radius 1 is 1.39 bits per heavy atom.